The maximum atomic E-state index is 15.5. The van der Waals surface area contributed by atoms with E-state index in [-0.39, 0.29) is 33.4 Å². The second kappa shape index (κ2) is 20.7. The molecule has 4 aromatic carbocycles. The summed E-state index contributed by atoms with van der Waals surface area (Å²) < 4.78 is 136. The van der Waals surface area contributed by atoms with E-state index in [1.807, 2.05) is 4.72 Å². The van der Waals surface area contributed by atoms with Crippen molar-refractivity contribution in [2.24, 2.45) is 0 Å². The lowest BCUT2D eigenvalue weighted by Gasteiger charge is -2.24. The number of rotatable bonds is 15. The predicted molar refractivity (Wildman–Crippen MR) is 225 cm³/mol. The number of aromatic nitrogens is 4. The summed E-state index contributed by atoms with van der Waals surface area (Å²) in [5.41, 5.74) is -1.76. The summed E-state index contributed by atoms with van der Waals surface area (Å²) in [7, 11) is -11.8. The molecule has 0 spiro atoms. The van der Waals surface area contributed by atoms with Crippen LogP contribution in [-0.4, -0.2) is 86.2 Å². The summed E-state index contributed by atoms with van der Waals surface area (Å²) in [6.07, 6.45) is 6.18. The van der Waals surface area contributed by atoms with Crippen LogP contribution in [0.25, 0.3) is 22.1 Å². The van der Waals surface area contributed by atoms with Crippen LogP contribution in [0, 0.1) is 23.3 Å². The Kier molecular flexibility index (Phi) is 16.3. The average Bonchev–Trinajstić information content (AvgIpc) is 3.23. The molecule has 0 aliphatic heterocycles. The van der Waals surface area contributed by atoms with Gasteiger partial charge in [0.25, 0.3) is 0 Å². The highest BCUT2D eigenvalue weighted by molar-refractivity contribution is 8.10. The molecule has 0 bridgehead atoms. The largest absolute Gasteiger partial charge is 0.400 e. The van der Waals surface area contributed by atoms with Crippen LogP contribution in [0.4, 0.5) is 28.9 Å². The van der Waals surface area contributed by atoms with Gasteiger partial charge in [-0.15, -0.1) is 0 Å². The minimum atomic E-state index is -4.52. The summed E-state index contributed by atoms with van der Waals surface area (Å²) in [4.78, 5) is 41.9. The lowest BCUT2D eigenvalue weighted by atomic mass is 10.0. The van der Waals surface area contributed by atoms with Crippen molar-refractivity contribution >= 4 is 75.1 Å². The molecule has 0 saturated heterocycles. The second-order valence-electron chi connectivity index (χ2n) is 13.0. The Morgan fingerprint density at radius 2 is 0.968 bits per heavy atom. The maximum absolute atomic E-state index is 15.5. The number of fused-ring (bicyclic) bond motifs is 2. The molecule has 2 N–H and O–H groups in total. The SMILES string of the molecule is CCCS(=O)(=O)N(c1ccc(F)c(C(=O)c2ccc3nccnc3c2)c1F)S(=O)(=O)CCC.CCCS(=O)(=O)Nc1ccc(F)c(C(=O)c2ccc3nccnc3c2)c1F.CO. The zero-order valence-corrected chi connectivity index (χ0v) is 36.0. The number of ketones is 2. The van der Waals surface area contributed by atoms with Crippen molar-refractivity contribution in [2.45, 2.75) is 40.0 Å². The van der Waals surface area contributed by atoms with Crippen LogP contribution < -0.4 is 8.43 Å². The van der Waals surface area contributed by atoms with Crippen molar-refractivity contribution in [3.63, 3.8) is 0 Å². The van der Waals surface area contributed by atoms with Crippen molar-refractivity contribution in [3.05, 3.63) is 131 Å². The normalized spacial score (nSPS) is 11.6. The van der Waals surface area contributed by atoms with E-state index in [1.165, 1.54) is 75.0 Å². The van der Waals surface area contributed by atoms with Crippen LogP contribution in [0.5, 0.6) is 0 Å². The van der Waals surface area contributed by atoms with Gasteiger partial charge in [0.2, 0.25) is 30.1 Å². The molecular formula is C40H40F4N6O9S3. The van der Waals surface area contributed by atoms with Crippen LogP contribution >= 0.6 is 0 Å². The van der Waals surface area contributed by atoms with E-state index < -0.39 is 98.9 Å². The number of nitrogens with zero attached hydrogens (tertiary/aromatic N) is 5. The monoisotopic (exact) mass is 920 g/mol. The van der Waals surface area contributed by atoms with E-state index in [1.54, 1.807) is 6.92 Å². The molecule has 0 aliphatic rings. The Balaban J connectivity index is 0.000000267. The van der Waals surface area contributed by atoms with Gasteiger partial charge in [-0.2, -0.15) is 3.71 Å². The molecule has 62 heavy (non-hydrogen) atoms. The zero-order chi connectivity index (χ0) is 46.0. The quantitative estimate of drug-likeness (QED) is 0.0851. The van der Waals surface area contributed by atoms with Gasteiger partial charge in [-0.3, -0.25) is 34.2 Å². The number of carbonyl (C=O) groups excluding carboxylic acids is 2. The number of nitrogens with one attached hydrogen (secondary N) is 1. The third-order valence-electron chi connectivity index (χ3n) is 8.44. The Hall–Kier alpha value is -5.97. The van der Waals surface area contributed by atoms with Crippen molar-refractivity contribution in [2.75, 3.05) is 32.8 Å². The van der Waals surface area contributed by atoms with Gasteiger partial charge >= 0.3 is 0 Å². The number of aliphatic hydroxyl groups is 1. The fourth-order valence-electron chi connectivity index (χ4n) is 5.87. The van der Waals surface area contributed by atoms with Crippen LogP contribution in [0.1, 0.15) is 71.9 Å². The van der Waals surface area contributed by atoms with Crippen molar-refractivity contribution < 1.29 is 57.5 Å². The van der Waals surface area contributed by atoms with Gasteiger partial charge in [-0.1, -0.05) is 20.8 Å². The lowest BCUT2D eigenvalue weighted by Crippen LogP contribution is -2.40. The van der Waals surface area contributed by atoms with E-state index in [2.05, 4.69) is 19.9 Å². The molecule has 0 fully saturated rings. The number of aliphatic hydroxyl groups excluding tert-OH is 1. The number of hydrogen-bond donors (Lipinski definition) is 2. The molecule has 2 heterocycles. The van der Waals surface area contributed by atoms with E-state index in [0.717, 1.165) is 19.2 Å². The Morgan fingerprint density at radius 1 is 0.565 bits per heavy atom. The number of halogens is 4. The summed E-state index contributed by atoms with van der Waals surface area (Å²) in [5, 5.41) is 7.00. The summed E-state index contributed by atoms with van der Waals surface area (Å²) in [6.45, 7) is 4.68. The standard InChI is InChI=1S/C21H21F2N3O5S2.C18H15F2N3O3S.CH4O/c1-3-11-32(28,29)26(33(30,31)12-4-2)18-8-6-15(22)19(20(18)23)21(27)14-5-7-16-17(13-14)25-10-9-24-16;1-2-9-27(25,26)23-14-6-4-12(19)16(17(14)20)18(24)11-3-5-13-15(10-11)22-8-7-21-13;1-2/h5-10,13H,3-4,11-12H2,1-2H3;3-8,10,23H,2,9H2,1H3;2H,1H3. The molecule has 330 valence electrons. The Labute approximate surface area is 355 Å². The molecule has 0 saturated carbocycles. The topological polar surface area (TPSA) is 224 Å². The van der Waals surface area contributed by atoms with Gasteiger partial charge in [-0.05, 0) is 79.9 Å². The highest BCUT2D eigenvalue weighted by atomic mass is 32.3. The smallest absolute Gasteiger partial charge is 0.248 e. The molecule has 2 aromatic heterocycles. The first kappa shape index (κ1) is 48.7. The van der Waals surface area contributed by atoms with Crippen molar-refractivity contribution in [1.29, 1.82) is 0 Å². The molecule has 0 aliphatic carbocycles. The lowest BCUT2D eigenvalue weighted by molar-refractivity contribution is 0.102. The van der Waals surface area contributed by atoms with Crippen LogP contribution in [0.2, 0.25) is 0 Å². The number of anilines is 2. The van der Waals surface area contributed by atoms with E-state index in [0.29, 0.717) is 40.6 Å². The second-order valence-corrected chi connectivity index (χ2v) is 18.9. The third-order valence-corrected chi connectivity index (χ3v) is 14.5. The minimum Gasteiger partial charge on any atom is -0.400 e. The van der Waals surface area contributed by atoms with Gasteiger partial charge in [0, 0.05) is 43.0 Å². The molecule has 0 atom stereocenters. The zero-order valence-electron chi connectivity index (χ0n) is 33.5. The Bertz CT molecular complexity index is 2930. The molecular weight excluding hydrogens is 881 g/mol. The predicted octanol–water partition coefficient (Wildman–Crippen LogP) is 6.32. The number of carbonyl (C=O) groups is 2. The summed E-state index contributed by atoms with van der Waals surface area (Å²) >= 11 is 0. The first-order valence-electron chi connectivity index (χ1n) is 18.5. The third kappa shape index (κ3) is 11.1. The fraction of sp³-hybridized carbons (Fsp3) is 0.250. The van der Waals surface area contributed by atoms with Gasteiger partial charge in [0.05, 0.1) is 56.1 Å². The molecule has 22 heteroatoms. The fourth-order valence-corrected chi connectivity index (χ4v) is 11.1. The van der Waals surface area contributed by atoms with Crippen LogP contribution in [0.15, 0.2) is 85.5 Å². The molecule has 0 amide bonds. The average molecular weight is 921 g/mol. The first-order valence-corrected chi connectivity index (χ1v) is 23.4. The van der Waals surface area contributed by atoms with Crippen molar-refractivity contribution in [1.82, 2.24) is 19.9 Å². The number of sulfonamides is 3. The molecule has 6 aromatic rings. The van der Waals surface area contributed by atoms with Gasteiger partial charge in [0.1, 0.15) is 17.3 Å². The van der Waals surface area contributed by atoms with E-state index in [9.17, 15) is 48.0 Å². The van der Waals surface area contributed by atoms with Crippen LogP contribution in [0.3, 0.4) is 0 Å². The van der Waals surface area contributed by atoms with E-state index in [4.69, 9.17) is 5.11 Å². The Morgan fingerprint density at radius 3 is 1.40 bits per heavy atom. The van der Waals surface area contributed by atoms with Gasteiger partial charge < -0.3 is 5.11 Å². The number of benzene rings is 4. The number of hydrogen-bond acceptors (Lipinski definition) is 13. The van der Waals surface area contributed by atoms with E-state index >= 15 is 4.39 Å². The molecule has 6 rings (SSSR count). The van der Waals surface area contributed by atoms with Crippen LogP contribution in [-0.2, 0) is 30.1 Å². The highest BCUT2D eigenvalue weighted by Crippen LogP contribution is 2.32. The summed E-state index contributed by atoms with van der Waals surface area (Å²) in [6, 6.07) is 11.5. The highest BCUT2D eigenvalue weighted by Gasteiger charge is 2.37. The minimum absolute atomic E-state index is 0.00867. The van der Waals surface area contributed by atoms with Gasteiger partial charge in [0.15, 0.2) is 23.2 Å². The summed E-state index contributed by atoms with van der Waals surface area (Å²) in [5.74, 6) is -8.61. The molecule has 0 radical (unpaired) electrons. The molecule has 0 unspecified atom stereocenters. The van der Waals surface area contributed by atoms with Crippen molar-refractivity contribution in [3.8, 4) is 0 Å². The maximum Gasteiger partial charge on any atom is 0.248 e. The van der Waals surface area contributed by atoms with Gasteiger partial charge in [-0.25, -0.2) is 42.8 Å². The molecule has 15 nitrogen and oxygen atoms in total. The first-order chi connectivity index (χ1) is 29.4.